The second kappa shape index (κ2) is 4.47. The number of pyridine rings is 1. The Bertz CT molecular complexity index is 744. The zero-order chi connectivity index (χ0) is 13.6. The van der Waals surface area contributed by atoms with Gasteiger partial charge in [-0.25, -0.2) is 14.4 Å². The zero-order valence-corrected chi connectivity index (χ0v) is 11.3. The van der Waals surface area contributed by atoms with Gasteiger partial charge in [0.25, 0.3) is 0 Å². The Morgan fingerprint density at radius 2 is 1.95 bits per heavy atom. The molecule has 19 heavy (non-hydrogen) atoms. The second-order valence-electron chi connectivity index (χ2n) is 4.18. The Balaban J connectivity index is 2.23. The van der Waals surface area contributed by atoms with E-state index in [2.05, 4.69) is 15.0 Å². The smallest absolute Gasteiger partial charge is 0.179 e. The third-order valence-electron chi connectivity index (χ3n) is 2.84. The standard InChI is InChI=1S/C13H8Cl2FN3/c1-6-2-3-7(16)4-8(6)12-17-10-5-9(14)11(15)18-13(10)19-12/h2-5H,1H3,(H,17,18,19). The first-order valence-electron chi connectivity index (χ1n) is 5.53. The second-order valence-corrected chi connectivity index (χ2v) is 4.94. The van der Waals surface area contributed by atoms with E-state index < -0.39 is 0 Å². The number of rotatable bonds is 1. The van der Waals surface area contributed by atoms with Crippen LogP contribution in [-0.4, -0.2) is 15.0 Å². The summed E-state index contributed by atoms with van der Waals surface area (Å²) in [5, 5.41) is 0.545. The van der Waals surface area contributed by atoms with Gasteiger partial charge in [-0.3, -0.25) is 0 Å². The zero-order valence-electron chi connectivity index (χ0n) is 9.84. The highest BCUT2D eigenvalue weighted by atomic mass is 35.5. The number of nitrogens with one attached hydrogen (secondary N) is 1. The van der Waals surface area contributed by atoms with Crippen LogP contribution in [-0.2, 0) is 0 Å². The largest absolute Gasteiger partial charge is 0.337 e. The van der Waals surface area contributed by atoms with Crippen molar-refractivity contribution < 1.29 is 4.39 Å². The van der Waals surface area contributed by atoms with Crippen LogP contribution in [0.4, 0.5) is 4.39 Å². The summed E-state index contributed by atoms with van der Waals surface area (Å²) in [6, 6.07) is 6.19. The van der Waals surface area contributed by atoms with Gasteiger partial charge in [-0.1, -0.05) is 29.3 Å². The number of hydrogen-bond donors (Lipinski definition) is 1. The maximum Gasteiger partial charge on any atom is 0.179 e. The van der Waals surface area contributed by atoms with Gasteiger partial charge >= 0.3 is 0 Å². The third kappa shape index (κ3) is 2.17. The molecule has 2 aromatic heterocycles. The Hall–Kier alpha value is -1.65. The van der Waals surface area contributed by atoms with Crippen LogP contribution in [0.25, 0.3) is 22.6 Å². The number of aromatic nitrogens is 3. The van der Waals surface area contributed by atoms with Crippen LogP contribution in [0.2, 0.25) is 10.2 Å². The van der Waals surface area contributed by atoms with Gasteiger partial charge in [0.05, 0.1) is 10.5 Å². The minimum Gasteiger partial charge on any atom is -0.337 e. The maximum absolute atomic E-state index is 13.3. The topological polar surface area (TPSA) is 41.6 Å². The van der Waals surface area contributed by atoms with Gasteiger partial charge in [-0.15, -0.1) is 0 Å². The van der Waals surface area contributed by atoms with E-state index in [1.165, 1.54) is 12.1 Å². The van der Waals surface area contributed by atoms with Crippen molar-refractivity contribution in [3.63, 3.8) is 0 Å². The summed E-state index contributed by atoms with van der Waals surface area (Å²) in [5.74, 6) is 0.225. The van der Waals surface area contributed by atoms with E-state index in [9.17, 15) is 4.39 Å². The molecule has 0 radical (unpaired) electrons. The van der Waals surface area contributed by atoms with Gasteiger partial charge in [-0.05, 0) is 30.7 Å². The summed E-state index contributed by atoms with van der Waals surface area (Å²) in [5.41, 5.74) is 2.71. The Labute approximate surface area is 118 Å². The quantitative estimate of drug-likeness (QED) is 0.677. The van der Waals surface area contributed by atoms with Crippen LogP contribution in [0.3, 0.4) is 0 Å². The van der Waals surface area contributed by atoms with E-state index in [-0.39, 0.29) is 11.0 Å². The number of imidazole rings is 1. The van der Waals surface area contributed by atoms with Gasteiger partial charge in [0.2, 0.25) is 0 Å². The molecule has 6 heteroatoms. The van der Waals surface area contributed by atoms with Crippen LogP contribution in [0.5, 0.6) is 0 Å². The van der Waals surface area contributed by atoms with E-state index >= 15 is 0 Å². The molecule has 0 aliphatic carbocycles. The summed E-state index contributed by atoms with van der Waals surface area (Å²) < 4.78 is 13.3. The lowest BCUT2D eigenvalue weighted by atomic mass is 10.1. The monoisotopic (exact) mass is 295 g/mol. The molecule has 1 aromatic carbocycles. The normalized spacial score (nSPS) is 11.2. The summed E-state index contributed by atoms with van der Waals surface area (Å²) in [6.45, 7) is 1.88. The number of nitrogens with zero attached hydrogens (tertiary/aromatic N) is 2. The summed E-state index contributed by atoms with van der Waals surface area (Å²) in [6.07, 6.45) is 0. The SMILES string of the molecule is Cc1ccc(F)cc1-c1nc2nc(Cl)c(Cl)cc2[nH]1. The summed E-state index contributed by atoms with van der Waals surface area (Å²) >= 11 is 11.7. The van der Waals surface area contributed by atoms with Crippen molar-refractivity contribution in [2.45, 2.75) is 6.92 Å². The van der Waals surface area contributed by atoms with Gasteiger partial charge in [0.15, 0.2) is 5.65 Å². The highest BCUT2D eigenvalue weighted by Crippen LogP contribution is 2.27. The fourth-order valence-corrected chi connectivity index (χ4v) is 2.16. The average Bonchev–Trinajstić information content (AvgIpc) is 2.75. The maximum atomic E-state index is 13.3. The Morgan fingerprint density at radius 3 is 2.74 bits per heavy atom. The number of fused-ring (bicyclic) bond motifs is 1. The average molecular weight is 296 g/mol. The summed E-state index contributed by atoms with van der Waals surface area (Å²) in [7, 11) is 0. The van der Waals surface area contributed by atoms with Crippen molar-refractivity contribution in [2.75, 3.05) is 0 Å². The molecule has 3 nitrogen and oxygen atoms in total. The molecule has 3 rings (SSSR count). The molecular formula is C13H8Cl2FN3. The molecule has 0 bridgehead atoms. The van der Waals surface area contributed by atoms with E-state index in [1.54, 1.807) is 12.1 Å². The van der Waals surface area contributed by atoms with Crippen molar-refractivity contribution in [2.24, 2.45) is 0 Å². The first kappa shape index (κ1) is 12.4. The lowest BCUT2D eigenvalue weighted by molar-refractivity contribution is 0.628. The Kier molecular flexibility index (Phi) is 2.92. The fourth-order valence-electron chi connectivity index (χ4n) is 1.87. The molecule has 96 valence electrons. The van der Waals surface area contributed by atoms with E-state index in [1.807, 2.05) is 6.92 Å². The number of benzene rings is 1. The molecule has 0 aliphatic heterocycles. The number of aromatic amines is 1. The van der Waals surface area contributed by atoms with Crippen LogP contribution >= 0.6 is 23.2 Å². The van der Waals surface area contributed by atoms with E-state index in [0.717, 1.165) is 5.56 Å². The lowest BCUT2D eigenvalue weighted by Gasteiger charge is -2.01. The molecule has 0 atom stereocenters. The fraction of sp³-hybridized carbons (Fsp3) is 0.0769. The van der Waals surface area contributed by atoms with Crippen LogP contribution in [0, 0.1) is 12.7 Å². The number of H-pyrrole nitrogens is 1. The van der Waals surface area contributed by atoms with Crippen molar-refractivity contribution in [3.05, 3.63) is 45.8 Å². The predicted octanol–water partition coefficient (Wildman–Crippen LogP) is 4.38. The first-order chi connectivity index (χ1) is 9.04. The predicted molar refractivity (Wildman–Crippen MR) is 74.0 cm³/mol. The first-order valence-corrected chi connectivity index (χ1v) is 6.28. The van der Waals surface area contributed by atoms with Crippen molar-refractivity contribution in [1.82, 2.24) is 15.0 Å². The number of aryl methyl sites for hydroxylation is 1. The molecular weight excluding hydrogens is 288 g/mol. The molecule has 3 aromatic rings. The van der Waals surface area contributed by atoms with Crippen LogP contribution < -0.4 is 0 Å². The minimum absolute atomic E-state index is 0.197. The van der Waals surface area contributed by atoms with Crippen molar-refractivity contribution >= 4 is 34.4 Å². The van der Waals surface area contributed by atoms with Gasteiger partial charge < -0.3 is 4.98 Å². The number of hydrogen-bond acceptors (Lipinski definition) is 2. The Morgan fingerprint density at radius 1 is 1.16 bits per heavy atom. The molecule has 0 amide bonds. The van der Waals surface area contributed by atoms with Gasteiger partial charge in [-0.2, -0.15) is 0 Å². The third-order valence-corrected chi connectivity index (χ3v) is 3.51. The lowest BCUT2D eigenvalue weighted by Crippen LogP contribution is -1.87. The molecule has 0 spiro atoms. The van der Waals surface area contributed by atoms with Gasteiger partial charge in [0, 0.05) is 5.56 Å². The number of halogens is 3. The molecule has 0 fully saturated rings. The minimum atomic E-state index is -0.315. The van der Waals surface area contributed by atoms with Crippen LogP contribution in [0.15, 0.2) is 24.3 Å². The molecule has 2 heterocycles. The molecule has 0 saturated heterocycles. The molecule has 1 N–H and O–H groups in total. The van der Waals surface area contributed by atoms with Crippen LogP contribution in [0.1, 0.15) is 5.56 Å². The van der Waals surface area contributed by atoms with E-state index in [4.69, 9.17) is 23.2 Å². The highest BCUT2D eigenvalue weighted by Gasteiger charge is 2.11. The molecule has 0 saturated carbocycles. The summed E-state index contributed by atoms with van der Waals surface area (Å²) in [4.78, 5) is 11.4. The van der Waals surface area contributed by atoms with Gasteiger partial charge in [0.1, 0.15) is 16.8 Å². The highest BCUT2D eigenvalue weighted by molar-refractivity contribution is 6.41. The molecule has 0 aliphatic rings. The van der Waals surface area contributed by atoms with E-state index in [0.29, 0.717) is 27.6 Å². The van der Waals surface area contributed by atoms with Crippen molar-refractivity contribution in [1.29, 1.82) is 0 Å². The van der Waals surface area contributed by atoms with Crippen molar-refractivity contribution in [3.8, 4) is 11.4 Å². The molecule has 0 unspecified atom stereocenters.